The number of hydrogen-bond acceptors (Lipinski definition) is 5. The summed E-state index contributed by atoms with van der Waals surface area (Å²) in [6.45, 7) is 0.0827. The number of benzene rings is 3. The molecule has 0 aliphatic carbocycles. The van der Waals surface area contributed by atoms with Gasteiger partial charge in [-0.1, -0.05) is 78.9 Å². The van der Waals surface area contributed by atoms with Crippen molar-refractivity contribution >= 4 is 17.8 Å². The number of halogens is 3. The topological polar surface area (TPSA) is 105 Å². The van der Waals surface area contributed by atoms with Crippen LogP contribution in [0.1, 0.15) is 40.5 Å². The molecule has 0 spiro atoms. The van der Waals surface area contributed by atoms with Crippen molar-refractivity contribution < 1.29 is 18.1 Å². The lowest BCUT2D eigenvalue weighted by atomic mass is 10.1. The van der Waals surface area contributed by atoms with Gasteiger partial charge in [0.25, 0.3) is 0 Å². The fourth-order valence-corrected chi connectivity index (χ4v) is 4.44. The molecule has 2 unspecified atom stereocenters. The average Bonchev–Trinajstić information content (AvgIpc) is 3.44. The number of alkyl halides is 2. The number of nitro groups is 1. The summed E-state index contributed by atoms with van der Waals surface area (Å²) in [5.74, 6) is -0.429. The summed E-state index contributed by atoms with van der Waals surface area (Å²) < 4.78 is 47.5. The van der Waals surface area contributed by atoms with Gasteiger partial charge < -0.3 is 0 Å². The minimum atomic E-state index is -2.42. The van der Waals surface area contributed by atoms with Gasteiger partial charge in [0.05, 0.1) is 17.7 Å². The highest BCUT2D eigenvalue weighted by Crippen LogP contribution is 2.26. The Labute approximate surface area is 236 Å². The van der Waals surface area contributed by atoms with E-state index in [0.717, 1.165) is 6.08 Å². The molecule has 0 amide bonds. The van der Waals surface area contributed by atoms with Crippen LogP contribution in [0.3, 0.4) is 0 Å². The lowest BCUT2D eigenvalue weighted by Crippen LogP contribution is -2.44. The molecule has 2 atom stereocenters. The van der Waals surface area contributed by atoms with Gasteiger partial charge in [-0.15, -0.1) is 0 Å². The van der Waals surface area contributed by atoms with Gasteiger partial charge in [0.1, 0.15) is 11.5 Å². The number of nitrogens with zero attached hydrogens (tertiary/aromatic N) is 5. The van der Waals surface area contributed by atoms with E-state index in [4.69, 9.17) is 0 Å². The summed E-state index contributed by atoms with van der Waals surface area (Å²) in [5, 5.41) is 16.3. The van der Waals surface area contributed by atoms with Gasteiger partial charge in [0.2, 0.25) is 12.6 Å². The molecule has 0 saturated carbocycles. The van der Waals surface area contributed by atoms with Crippen LogP contribution in [0.2, 0.25) is 0 Å². The van der Waals surface area contributed by atoms with Gasteiger partial charge in [-0.25, -0.2) is 22.5 Å². The van der Waals surface area contributed by atoms with E-state index in [1.807, 2.05) is 0 Å². The Morgan fingerprint density at radius 1 is 0.833 bits per heavy atom. The molecule has 0 N–H and O–H groups in total. The first-order chi connectivity index (χ1) is 20.3. The molecular formula is C30H22F3N5O4. The quantitative estimate of drug-likeness (QED) is 0.171. The number of hydrogen-bond donors (Lipinski definition) is 0. The van der Waals surface area contributed by atoms with Crippen LogP contribution in [-0.4, -0.2) is 23.8 Å². The molecule has 12 heteroatoms. The maximum Gasteiger partial charge on any atom is 0.357 e. The van der Waals surface area contributed by atoms with Crippen LogP contribution in [0.5, 0.6) is 0 Å². The van der Waals surface area contributed by atoms with Gasteiger partial charge in [-0.2, -0.15) is 5.10 Å². The molecule has 0 bridgehead atoms. The summed E-state index contributed by atoms with van der Waals surface area (Å²) in [5.41, 5.74) is -4.29. The standard InChI is InChI=1S/C30H22F3N5O4/c31-24-14-8-7-13-23(24)19-35-18-20(17-34-35)15-16-25-26(38(41)42)29(39)37(28(33)22-11-5-2-6-12-22)30(40)36(25)27(32)21-9-3-1-4-10-21/h1-18,27-28H,19H2/b16-15+. The molecule has 0 aliphatic heterocycles. The average molecular weight is 574 g/mol. The monoisotopic (exact) mass is 573 g/mol. The molecule has 0 fully saturated rings. The Balaban J connectivity index is 1.65. The largest absolute Gasteiger partial charge is 0.357 e. The number of rotatable bonds is 9. The normalized spacial score (nSPS) is 12.8. The Morgan fingerprint density at radius 2 is 1.40 bits per heavy atom. The Bertz CT molecular complexity index is 1880. The predicted molar refractivity (Wildman–Crippen MR) is 150 cm³/mol. The van der Waals surface area contributed by atoms with Crippen molar-refractivity contribution in [3.05, 3.63) is 162 Å². The lowest BCUT2D eigenvalue weighted by molar-refractivity contribution is -0.387. The third-order valence-electron chi connectivity index (χ3n) is 6.50. The van der Waals surface area contributed by atoms with Gasteiger partial charge in [-0.05, 0) is 18.2 Å². The van der Waals surface area contributed by atoms with Crippen LogP contribution in [-0.2, 0) is 6.54 Å². The summed E-state index contributed by atoms with van der Waals surface area (Å²) >= 11 is 0. The molecule has 5 rings (SSSR count). The molecule has 42 heavy (non-hydrogen) atoms. The van der Waals surface area contributed by atoms with E-state index in [0.29, 0.717) is 15.7 Å². The van der Waals surface area contributed by atoms with Crippen LogP contribution in [0.25, 0.3) is 12.2 Å². The lowest BCUT2D eigenvalue weighted by Gasteiger charge is -2.19. The molecule has 2 heterocycles. The molecule has 3 aromatic carbocycles. The first-order valence-corrected chi connectivity index (χ1v) is 12.6. The predicted octanol–water partition coefficient (Wildman–Crippen LogP) is 5.51. The highest BCUT2D eigenvalue weighted by atomic mass is 19.1. The maximum absolute atomic E-state index is 16.0. The zero-order valence-electron chi connectivity index (χ0n) is 21.8. The molecule has 2 aromatic heterocycles. The van der Waals surface area contributed by atoms with Crippen molar-refractivity contribution in [3.8, 4) is 0 Å². The first kappa shape index (κ1) is 28.0. The highest BCUT2D eigenvalue weighted by Gasteiger charge is 2.33. The van der Waals surface area contributed by atoms with Crippen LogP contribution in [0.4, 0.5) is 18.9 Å². The first-order valence-electron chi connectivity index (χ1n) is 12.6. The summed E-state index contributed by atoms with van der Waals surface area (Å²) in [6.07, 6.45) is 0.444. The third-order valence-corrected chi connectivity index (χ3v) is 6.50. The Kier molecular flexibility index (Phi) is 7.96. The van der Waals surface area contributed by atoms with E-state index < -0.39 is 46.0 Å². The van der Waals surface area contributed by atoms with Crippen LogP contribution in [0.15, 0.2) is 107 Å². The molecule has 0 saturated heterocycles. The zero-order valence-corrected chi connectivity index (χ0v) is 21.8. The third kappa shape index (κ3) is 5.55. The summed E-state index contributed by atoms with van der Waals surface area (Å²) in [4.78, 5) is 38.0. The van der Waals surface area contributed by atoms with E-state index in [1.54, 1.807) is 30.3 Å². The van der Waals surface area contributed by atoms with E-state index in [2.05, 4.69) is 5.10 Å². The van der Waals surface area contributed by atoms with Gasteiger partial charge in [-0.3, -0.25) is 24.2 Å². The van der Waals surface area contributed by atoms with Crippen LogP contribution in [0, 0.1) is 15.9 Å². The highest BCUT2D eigenvalue weighted by molar-refractivity contribution is 5.71. The van der Waals surface area contributed by atoms with Crippen LogP contribution < -0.4 is 11.2 Å². The van der Waals surface area contributed by atoms with E-state index >= 15 is 8.78 Å². The molecule has 0 radical (unpaired) electrons. The van der Waals surface area contributed by atoms with E-state index in [9.17, 15) is 24.1 Å². The van der Waals surface area contributed by atoms with Crippen molar-refractivity contribution in [1.82, 2.24) is 18.9 Å². The fourth-order valence-electron chi connectivity index (χ4n) is 4.44. The van der Waals surface area contributed by atoms with Gasteiger partial charge in [0, 0.05) is 28.5 Å². The Morgan fingerprint density at radius 3 is 2.00 bits per heavy atom. The second-order valence-corrected chi connectivity index (χ2v) is 9.21. The van der Waals surface area contributed by atoms with Crippen molar-refractivity contribution in [2.24, 2.45) is 0 Å². The number of aromatic nitrogens is 4. The van der Waals surface area contributed by atoms with E-state index in [-0.39, 0.29) is 22.2 Å². The van der Waals surface area contributed by atoms with Crippen molar-refractivity contribution in [3.63, 3.8) is 0 Å². The van der Waals surface area contributed by atoms with Crippen LogP contribution >= 0.6 is 0 Å². The van der Waals surface area contributed by atoms with Crippen molar-refractivity contribution in [1.29, 1.82) is 0 Å². The zero-order chi connectivity index (χ0) is 29.8. The van der Waals surface area contributed by atoms with Crippen molar-refractivity contribution in [2.75, 3.05) is 0 Å². The van der Waals surface area contributed by atoms with Gasteiger partial charge >= 0.3 is 16.9 Å². The summed E-state index contributed by atoms with van der Waals surface area (Å²) in [6, 6.07) is 20.5. The second-order valence-electron chi connectivity index (χ2n) is 9.21. The minimum absolute atomic E-state index is 0.0345. The Hall–Kier alpha value is -5.52. The fraction of sp³-hybridized carbons (Fsp3) is 0.100. The second kappa shape index (κ2) is 11.9. The van der Waals surface area contributed by atoms with Crippen molar-refractivity contribution in [2.45, 2.75) is 19.1 Å². The van der Waals surface area contributed by atoms with E-state index in [1.165, 1.54) is 77.7 Å². The molecule has 5 aromatic rings. The summed E-state index contributed by atoms with van der Waals surface area (Å²) in [7, 11) is 0. The maximum atomic E-state index is 16.0. The molecular weight excluding hydrogens is 551 g/mol. The minimum Gasteiger partial charge on any atom is -0.268 e. The SMILES string of the molecule is O=c1c([N+](=O)[O-])c(/C=C/c2cnn(Cc3ccccc3F)c2)n(C(F)c2ccccc2)c(=O)n1C(F)c1ccccc1. The molecule has 0 aliphatic rings. The molecule has 212 valence electrons. The molecule has 9 nitrogen and oxygen atoms in total. The van der Waals surface area contributed by atoms with Gasteiger partial charge in [0.15, 0.2) is 0 Å². The smallest absolute Gasteiger partial charge is 0.268 e.